The number of rotatable bonds is 4. The largest absolute Gasteiger partial charge is 0.305 e. The van der Waals surface area contributed by atoms with Crippen molar-refractivity contribution in [3.63, 3.8) is 0 Å². The van der Waals surface area contributed by atoms with Crippen LogP contribution in [-0.4, -0.2) is 11.5 Å². The summed E-state index contributed by atoms with van der Waals surface area (Å²) >= 11 is 1.55. The summed E-state index contributed by atoms with van der Waals surface area (Å²) in [5.74, 6) is -0.205. The third-order valence-electron chi connectivity index (χ3n) is 2.71. The summed E-state index contributed by atoms with van der Waals surface area (Å²) in [6, 6.07) is 4.86. The molecule has 2 rings (SSSR count). The molecule has 0 bridgehead atoms. The minimum atomic E-state index is -0.205. The minimum Gasteiger partial charge on any atom is -0.305 e. The Labute approximate surface area is 105 Å². The van der Waals surface area contributed by atoms with Crippen molar-refractivity contribution in [2.75, 3.05) is 6.54 Å². The van der Waals surface area contributed by atoms with Crippen LogP contribution in [-0.2, 0) is 0 Å². The first kappa shape index (κ1) is 12.2. The molecule has 0 aliphatic carbocycles. The van der Waals surface area contributed by atoms with Gasteiger partial charge in [-0.2, -0.15) is 0 Å². The van der Waals surface area contributed by atoms with Gasteiger partial charge in [-0.15, -0.1) is 11.3 Å². The number of hydrogen-bond acceptors (Lipinski definition) is 3. The average Bonchev–Trinajstić information content (AvgIpc) is 2.83. The summed E-state index contributed by atoms with van der Waals surface area (Å²) in [7, 11) is 0. The van der Waals surface area contributed by atoms with Gasteiger partial charge in [-0.3, -0.25) is 0 Å². The van der Waals surface area contributed by atoms with Crippen LogP contribution in [0.1, 0.15) is 29.8 Å². The Morgan fingerprint density at radius 1 is 1.47 bits per heavy atom. The van der Waals surface area contributed by atoms with E-state index in [1.165, 1.54) is 6.07 Å². The SMILES string of the molecule is CCNC(c1cscn1)c1cc(F)ccc1C. The Kier molecular flexibility index (Phi) is 3.86. The Bertz CT molecular complexity index is 482. The lowest BCUT2D eigenvalue weighted by Gasteiger charge is -2.18. The molecule has 1 N–H and O–H groups in total. The van der Waals surface area contributed by atoms with Crippen LogP contribution in [0, 0.1) is 12.7 Å². The van der Waals surface area contributed by atoms with E-state index in [9.17, 15) is 4.39 Å². The fraction of sp³-hybridized carbons (Fsp3) is 0.308. The number of halogens is 1. The zero-order valence-corrected chi connectivity index (χ0v) is 10.7. The molecule has 17 heavy (non-hydrogen) atoms. The van der Waals surface area contributed by atoms with Gasteiger partial charge in [-0.1, -0.05) is 13.0 Å². The summed E-state index contributed by atoms with van der Waals surface area (Å²) in [6.45, 7) is 4.84. The number of benzene rings is 1. The highest BCUT2D eigenvalue weighted by Crippen LogP contribution is 2.25. The highest BCUT2D eigenvalue weighted by atomic mass is 32.1. The van der Waals surface area contributed by atoms with Crippen LogP contribution in [0.2, 0.25) is 0 Å². The summed E-state index contributed by atoms with van der Waals surface area (Å²) < 4.78 is 13.3. The quantitative estimate of drug-likeness (QED) is 0.900. The van der Waals surface area contributed by atoms with Crippen molar-refractivity contribution in [2.24, 2.45) is 0 Å². The maximum absolute atomic E-state index is 13.3. The predicted molar refractivity (Wildman–Crippen MR) is 68.8 cm³/mol. The molecule has 1 unspecified atom stereocenters. The minimum absolute atomic E-state index is 0.0260. The summed E-state index contributed by atoms with van der Waals surface area (Å²) in [4.78, 5) is 4.32. The van der Waals surface area contributed by atoms with E-state index in [0.29, 0.717) is 0 Å². The van der Waals surface area contributed by atoms with Gasteiger partial charge in [-0.25, -0.2) is 9.37 Å². The Hall–Kier alpha value is -1.26. The predicted octanol–water partition coefficient (Wildman–Crippen LogP) is 3.29. The number of nitrogens with one attached hydrogen (secondary N) is 1. The maximum Gasteiger partial charge on any atom is 0.123 e. The molecule has 2 nitrogen and oxygen atoms in total. The van der Waals surface area contributed by atoms with Crippen molar-refractivity contribution >= 4 is 11.3 Å². The van der Waals surface area contributed by atoms with Crippen LogP contribution in [0.25, 0.3) is 0 Å². The molecule has 90 valence electrons. The van der Waals surface area contributed by atoms with Crippen molar-refractivity contribution in [1.29, 1.82) is 0 Å². The fourth-order valence-corrected chi connectivity index (χ4v) is 2.44. The van der Waals surface area contributed by atoms with Crippen molar-refractivity contribution in [1.82, 2.24) is 10.3 Å². The Morgan fingerprint density at radius 2 is 2.29 bits per heavy atom. The van der Waals surface area contributed by atoms with E-state index < -0.39 is 0 Å². The second-order valence-corrected chi connectivity index (χ2v) is 4.62. The molecule has 2 aromatic rings. The lowest BCUT2D eigenvalue weighted by atomic mass is 9.99. The van der Waals surface area contributed by atoms with E-state index in [2.05, 4.69) is 10.3 Å². The first-order valence-corrected chi connectivity index (χ1v) is 6.54. The molecule has 0 aliphatic heterocycles. The lowest BCUT2D eigenvalue weighted by Crippen LogP contribution is -2.23. The second kappa shape index (κ2) is 5.38. The van der Waals surface area contributed by atoms with Crippen LogP contribution in [0.4, 0.5) is 4.39 Å². The van der Waals surface area contributed by atoms with Gasteiger partial charge >= 0.3 is 0 Å². The molecule has 0 amide bonds. The molecule has 1 heterocycles. The molecule has 0 aliphatic rings. The second-order valence-electron chi connectivity index (χ2n) is 3.90. The van der Waals surface area contributed by atoms with Crippen molar-refractivity contribution in [3.05, 3.63) is 51.7 Å². The highest BCUT2D eigenvalue weighted by molar-refractivity contribution is 7.07. The molecule has 0 saturated heterocycles. The Morgan fingerprint density at radius 3 is 2.94 bits per heavy atom. The molecule has 0 saturated carbocycles. The molecule has 1 aromatic heterocycles. The van der Waals surface area contributed by atoms with Gasteiger partial charge in [-0.05, 0) is 36.7 Å². The van der Waals surface area contributed by atoms with Crippen LogP contribution in [0.3, 0.4) is 0 Å². The standard InChI is InChI=1S/C13H15FN2S/c1-3-15-13(12-7-17-8-16-12)11-6-10(14)5-4-9(11)2/h4-8,13,15H,3H2,1-2H3. The van der Waals surface area contributed by atoms with Crippen molar-refractivity contribution in [3.8, 4) is 0 Å². The van der Waals surface area contributed by atoms with Crippen LogP contribution in [0.15, 0.2) is 29.1 Å². The lowest BCUT2D eigenvalue weighted by molar-refractivity contribution is 0.594. The number of thiazole rings is 1. The molecular formula is C13H15FN2S. The van der Waals surface area contributed by atoms with Crippen LogP contribution < -0.4 is 5.32 Å². The zero-order chi connectivity index (χ0) is 12.3. The number of hydrogen-bond donors (Lipinski definition) is 1. The van der Waals surface area contributed by atoms with Crippen LogP contribution >= 0.6 is 11.3 Å². The van der Waals surface area contributed by atoms with E-state index in [1.54, 1.807) is 29.0 Å². The third-order valence-corrected chi connectivity index (χ3v) is 3.31. The maximum atomic E-state index is 13.3. The summed E-state index contributed by atoms with van der Waals surface area (Å²) in [6.07, 6.45) is 0. The van der Waals surface area contributed by atoms with Gasteiger partial charge in [0.1, 0.15) is 5.82 Å². The average molecular weight is 250 g/mol. The summed E-state index contributed by atoms with van der Waals surface area (Å²) in [5.41, 5.74) is 4.78. The fourth-order valence-electron chi connectivity index (χ4n) is 1.86. The van der Waals surface area contributed by atoms with Gasteiger partial charge in [0.2, 0.25) is 0 Å². The van der Waals surface area contributed by atoms with E-state index in [-0.39, 0.29) is 11.9 Å². The third kappa shape index (κ3) is 2.70. The first-order valence-electron chi connectivity index (χ1n) is 5.60. The van der Waals surface area contributed by atoms with E-state index in [0.717, 1.165) is 23.4 Å². The van der Waals surface area contributed by atoms with Crippen LogP contribution in [0.5, 0.6) is 0 Å². The summed E-state index contributed by atoms with van der Waals surface area (Å²) in [5, 5.41) is 5.34. The number of aryl methyl sites for hydroxylation is 1. The molecule has 0 spiro atoms. The topological polar surface area (TPSA) is 24.9 Å². The van der Waals surface area contributed by atoms with Gasteiger partial charge in [0, 0.05) is 5.38 Å². The van der Waals surface area contributed by atoms with Gasteiger partial charge in [0.15, 0.2) is 0 Å². The normalized spacial score (nSPS) is 12.6. The smallest absolute Gasteiger partial charge is 0.123 e. The number of aromatic nitrogens is 1. The molecule has 0 radical (unpaired) electrons. The Balaban J connectivity index is 2.42. The molecule has 0 fully saturated rings. The van der Waals surface area contributed by atoms with Gasteiger partial charge in [0.25, 0.3) is 0 Å². The van der Waals surface area contributed by atoms with E-state index in [4.69, 9.17) is 0 Å². The van der Waals surface area contributed by atoms with E-state index >= 15 is 0 Å². The monoisotopic (exact) mass is 250 g/mol. The first-order chi connectivity index (χ1) is 8.22. The zero-order valence-electron chi connectivity index (χ0n) is 9.90. The van der Waals surface area contributed by atoms with Crippen molar-refractivity contribution < 1.29 is 4.39 Å². The molecular weight excluding hydrogens is 235 g/mol. The van der Waals surface area contributed by atoms with E-state index in [1.807, 2.05) is 19.2 Å². The number of nitrogens with zero attached hydrogens (tertiary/aromatic N) is 1. The van der Waals surface area contributed by atoms with Gasteiger partial charge < -0.3 is 5.32 Å². The molecule has 4 heteroatoms. The van der Waals surface area contributed by atoms with Crippen molar-refractivity contribution in [2.45, 2.75) is 19.9 Å². The van der Waals surface area contributed by atoms with Gasteiger partial charge in [0.05, 0.1) is 17.2 Å². The molecule has 1 aromatic carbocycles. The molecule has 1 atom stereocenters. The highest BCUT2D eigenvalue weighted by Gasteiger charge is 2.17.